The molecule has 0 aliphatic heterocycles. The van der Waals surface area contributed by atoms with Crippen LogP contribution in [0.25, 0.3) is 10.9 Å². The summed E-state index contributed by atoms with van der Waals surface area (Å²) in [5, 5.41) is 4.37. The molecule has 0 spiro atoms. The molecule has 2 aromatic carbocycles. The zero-order chi connectivity index (χ0) is 16.4. The summed E-state index contributed by atoms with van der Waals surface area (Å²) >= 11 is 0. The van der Waals surface area contributed by atoms with Gasteiger partial charge in [-0.3, -0.25) is 0 Å². The molecule has 1 aromatic heterocycles. The van der Waals surface area contributed by atoms with E-state index in [0.717, 1.165) is 27.8 Å². The van der Waals surface area contributed by atoms with Gasteiger partial charge in [0, 0.05) is 11.1 Å². The summed E-state index contributed by atoms with van der Waals surface area (Å²) in [6.07, 6.45) is 0. The summed E-state index contributed by atoms with van der Waals surface area (Å²) in [6, 6.07) is 15.7. The molecule has 0 bridgehead atoms. The number of fused-ring (bicyclic) bond motifs is 1. The number of esters is 1. The summed E-state index contributed by atoms with van der Waals surface area (Å²) in [6.45, 7) is 4.12. The van der Waals surface area contributed by atoms with Crippen LogP contribution in [-0.4, -0.2) is 18.1 Å². The van der Waals surface area contributed by atoms with E-state index in [1.807, 2.05) is 30.3 Å². The summed E-state index contributed by atoms with van der Waals surface area (Å²) < 4.78 is 4.80. The van der Waals surface area contributed by atoms with Gasteiger partial charge in [0.2, 0.25) is 0 Å². The number of nitrogens with zero attached hydrogens (tertiary/aromatic N) is 1. The van der Waals surface area contributed by atoms with Crippen molar-refractivity contribution in [3.8, 4) is 0 Å². The number of nitrogens with one attached hydrogen (secondary N) is 1. The number of hydrogen-bond acceptors (Lipinski definition) is 4. The Labute approximate surface area is 135 Å². The third kappa shape index (κ3) is 3.01. The molecule has 0 unspecified atom stereocenters. The molecule has 0 saturated heterocycles. The number of methoxy groups -OCH3 is 1. The molecular weight excluding hydrogens is 288 g/mol. The summed E-state index contributed by atoms with van der Waals surface area (Å²) in [5.41, 5.74) is 5.24. The Balaban J connectivity index is 2.13. The average Bonchev–Trinajstić information content (AvgIpc) is 2.56. The first kappa shape index (κ1) is 15.0. The van der Waals surface area contributed by atoms with Gasteiger partial charge in [-0.2, -0.15) is 0 Å². The number of pyridine rings is 1. The number of aryl methyl sites for hydroxylation is 2. The van der Waals surface area contributed by atoms with Crippen molar-refractivity contribution in [1.29, 1.82) is 0 Å². The van der Waals surface area contributed by atoms with Gasteiger partial charge in [-0.25, -0.2) is 9.78 Å². The Morgan fingerprint density at radius 1 is 1.04 bits per heavy atom. The van der Waals surface area contributed by atoms with Crippen molar-refractivity contribution in [3.63, 3.8) is 0 Å². The molecule has 0 aliphatic rings. The molecule has 116 valence electrons. The Bertz CT molecular complexity index is 888. The second kappa shape index (κ2) is 6.08. The molecular formula is C19H18N2O2. The summed E-state index contributed by atoms with van der Waals surface area (Å²) in [4.78, 5) is 16.2. The predicted octanol–water partition coefficient (Wildman–Crippen LogP) is 4.38. The van der Waals surface area contributed by atoms with E-state index in [1.54, 1.807) is 6.07 Å². The lowest BCUT2D eigenvalue weighted by atomic mass is 10.1. The maximum Gasteiger partial charge on any atom is 0.356 e. The molecule has 3 aromatic rings. The van der Waals surface area contributed by atoms with Crippen LogP contribution < -0.4 is 5.32 Å². The van der Waals surface area contributed by atoms with Gasteiger partial charge in [0.05, 0.1) is 18.3 Å². The van der Waals surface area contributed by atoms with E-state index in [-0.39, 0.29) is 0 Å². The number of ether oxygens (including phenoxy) is 1. The molecule has 0 fully saturated rings. The minimum Gasteiger partial charge on any atom is -0.464 e. The van der Waals surface area contributed by atoms with E-state index in [0.29, 0.717) is 5.69 Å². The fraction of sp³-hybridized carbons (Fsp3) is 0.158. The Morgan fingerprint density at radius 2 is 1.83 bits per heavy atom. The summed E-state index contributed by atoms with van der Waals surface area (Å²) in [7, 11) is 1.36. The Morgan fingerprint density at radius 3 is 2.57 bits per heavy atom. The fourth-order valence-electron chi connectivity index (χ4n) is 2.59. The highest BCUT2D eigenvalue weighted by atomic mass is 16.5. The standard InChI is InChI=1S/C19H18N2O2/c1-12-8-9-15(13(2)10-12)20-17-11-18(19(22)23-3)21-16-7-5-4-6-14(16)17/h4-11H,1-3H3,(H,20,21). The van der Waals surface area contributed by atoms with Crippen LogP contribution in [-0.2, 0) is 4.74 Å². The third-order valence-electron chi connectivity index (χ3n) is 3.76. The lowest BCUT2D eigenvalue weighted by molar-refractivity contribution is 0.0594. The third-order valence-corrected chi connectivity index (χ3v) is 3.76. The quantitative estimate of drug-likeness (QED) is 0.729. The highest BCUT2D eigenvalue weighted by Gasteiger charge is 2.12. The second-order valence-electron chi connectivity index (χ2n) is 5.51. The van der Waals surface area contributed by atoms with Gasteiger partial charge in [0.15, 0.2) is 5.69 Å². The van der Waals surface area contributed by atoms with Crippen LogP contribution in [0.15, 0.2) is 48.5 Å². The largest absolute Gasteiger partial charge is 0.464 e. The van der Waals surface area contributed by atoms with Crippen LogP contribution in [0.5, 0.6) is 0 Å². The lowest BCUT2D eigenvalue weighted by Crippen LogP contribution is -2.06. The molecule has 3 rings (SSSR count). The van der Waals surface area contributed by atoms with Crippen molar-refractivity contribution in [2.24, 2.45) is 0 Å². The van der Waals surface area contributed by atoms with Crippen molar-refractivity contribution in [1.82, 2.24) is 4.98 Å². The molecule has 0 amide bonds. The second-order valence-corrected chi connectivity index (χ2v) is 5.51. The highest BCUT2D eigenvalue weighted by molar-refractivity contribution is 5.98. The molecule has 1 N–H and O–H groups in total. The number of benzene rings is 2. The van der Waals surface area contributed by atoms with Crippen molar-refractivity contribution < 1.29 is 9.53 Å². The van der Waals surface area contributed by atoms with E-state index in [9.17, 15) is 4.79 Å². The molecule has 0 atom stereocenters. The van der Waals surface area contributed by atoms with Gasteiger partial charge < -0.3 is 10.1 Å². The molecule has 0 aliphatic carbocycles. The van der Waals surface area contributed by atoms with Crippen LogP contribution in [0.3, 0.4) is 0 Å². The van der Waals surface area contributed by atoms with Crippen LogP contribution in [0.1, 0.15) is 21.6 Å². The van der Waals surface area contributed by atoms with Gasteiger partial charge >= 0.3 is 5.97 Å². The Kier molecular flexibility index (Phi) is 3.98. The van der Waals surface area contributed by atoms with Crippen molar-refractivity contribution in [2.45, 2.75) is 13.8 Å². The fourth-order valence-corrected chi connectivity index (χ4v) is 2.59. The maximum absolute atomic E-state index is 11.9. The van der Waals surface area contributed by atoms with E-state index in [2.05, 4.69) is 36.3 Å². The normalized spacial score (nSPS) is 10.6. The zero-order valence-corrected chi connectivity index (χ0v) is 13.4. The molecule has 4 nitrogen and oxygen atoms in total. The van der Waals surface area contributed by atoms with Crippen molar-refractivity contribution >= 4 is 28.2 Å². The molecule has 0 saturated carbocycles. The van der Waals surface area contributed by atoms with E-state index in [1.165, 1.54) is 12.7 Å². The number of aromatic nitrogens is 1. The van der Waals surface area contributed by atoms with Gasteiger partial charge in [-0.1, -0.05) is 35.9 Å². The van der Waals surface area contributed by atoms with Gasteiger partial charge in [-0.05, 0) is 37.6 Å². The number of carbonyl (C=O) groups is 1. The minimum atomic E-state index is -0.445. The number of para-hydroxylation sites is 1. The first-order chi connectivity index (χ1) is 11.1. The lowest BCUT2D eigenvalue weighted by Gasteiger charge is -2.13. The SMILES string of the molecule is COC(=O)c1cc(Nc2ccc(C)cc2C)c2ccccc2n1. The van der Waals surface area contributed by atoms with Gasteiger partial charge in [0.1, 0.15) is 0 Å². The van der Waals surface area contributed by atoms with Gasteiger partial charge in [0.25, 0.3) is 0 Å². The zero-order valence-electron chi connectivity index (χ0n) is 13.4. The highest BCUT2D eigenvalue weighted by Crippen LogP contribution is 2.28. The van der Waals surface area contributed by atoms with E-state index >= 15 is 0 Å². The minimum absolute atomic E-state index is 0.290. The molecule has 1 heterocycles. The Hall–Kier alpha value is -2.88. The van der Waals surface area contributed by atoms with Crippen LogP contribution in [0, 0.1) is 13.8 Å². The average molecular weight is 306 g/mol. The monoisotopic (exact) mass is 306 g/mol. The van der Waals surface area contributed by atoms with E-state index < -0.39 is 5.97 Å². The van der Waals surface area contributed by atoms with Crippen LogP contribution in [0.2, 0.25) is 0 Å². The van der Waals surface area contributed by atoms with Crippen LogP contribution in [0.4, 0.5) is 11.4 Å². The number of anilines is 2. The smallest absolute Gasteiger partial charge is 0.356 e. The number of rotatable bonds is 3. The van der Waals surface area contributed by atoms with Gasteiger partial charge in [-0.15, -0.1) is 0 Å². The number of carbonyl (C=O) groups excluding carboxylic acids is 1. The van der Waals surface area contributed by atoms with Crippen LogP contribution >= 0.6 is 0 Å². The van der Waals surface area contributed by atoms with Crippen molar-refractivity contribution in [3.05, 3.63) is 65.4 Å². The molecule has 4 heteroatoms. The molecule has 23 heavy (non-hydrogen) atoms. The maximum atomic E-state index is 11.9. The molecule has 0 radical (unpaired) electrons. The predicted molar refractivity (Wildman–Crippen MR) is 92.3 cm³/mol. The topological polar surface area (TPSA) is 51.2 Å². The summed E-state index contributed by atoms with van der Waals surface area (Å²) in [5.74, 6) is -0.445. The first-order valence-corrected chi connectivity index (χ1v) is 7.41. The number of hydrogen-bond donors (Lipinski definition) is 1. The van der Waals surface area contributed by atoms with E-state index in [4.69, 9.17) is 4.74 Å². The first-order valence-electron chi connectivity index (χ1n) is 7.41. The van der Waals surface area contributed by atoms with Crippen molar-refractivity contribution in [2.75, 3.05) is 12.4 Å².